The monoisotopic (exact) mass is 755 g/mol. The molecule has 0 spiro atoms. The first kappa shape index (κ1) is 37.9. The lowest BCUT2D eigenvalue weighted by atomic mass is 9.94. The summed E-state index contributed by atoms with van der Waals surface area (Å²) in [5, 5.41) is 3.75. The van der Waals surface area contributed by atoms with Crippen LogP contribution in [0, 0.1) is 5.82 Å². The van der Waals surface area contributed by atoms with E-state index in [1.807, 2.05) is 30.3 Å². The van der Waals surface area contributed by atoms with E-state index >= 15 is 0 Å². The third kappa shape index (κ3) is 9.52. The molecule has 0 saturated heterocycles. The van der Waals surface area contributed by atoms with E-state index in [1.54, 1.807) is 18.2 Å². The van der Waals surface area contributed by atoms with Crippen molar-refractivity contribution in [1.82, 2.24) is 10.2 Å². The van der Waals surface area contributed by atoms with E-state index in [4.69, 9.17) is 32.7 Å². The number of nitrogens with one attached hydrogen (secondary N) is 1. The Hall–Kier alpha value is -4.32. The number of rotatable bonds is 14. The minimum atomic E-state index is -4.48. The molecule has 0 heterocycles. The van der Waals surface area contributed by atoms with Crippen LogP contribution in [-0.2, 0) is 32.6 Å². The third-order valence-corrected chi connectivity index (χ3v) is 11.4. The van der Waals surface area contributed by atoms with Gasteiger partial charge in [-0.25, -0.2) is 12.8 Å². The van der Waals surface area contributed by atoms with Crippen LogP contribution in [0.2, 0.25) is 10.0 Å². The summed E-state index contributed by atoms with van der Waals surface area (Å²) in [7, 11) is -1.68. The summed E-state index contributed by atoms with van der Waals surface area (Å²) in [4.78, 5) is 30.2. The predicted octanol–water partition coefficient (Wildman–Crippen LogP) is 7.43. The summed E-state index contributed by atoms with van der Waals surface area (Å²) in [6.07, 6.45) is 4.88. The van der Waals surface area contributed by atoms with Crippen LogP contribution in [0.5, 0.6) is 11.5 Å². The van der Waals surface area contributed by atoms with Gasteiger partial charge in [0.2, 0.25) is 11.8 Å². The molecule has 0 unspecified atom stereocenters. The van der Waals surface area contributed by atoms with Gasteiger partial charge in [-0.15, -0.1) is 0 Å². The molecule has 1 N–H and O–H groups in total. The quantitative estimate of drug-likeness (QED) is 0.144. The number of amides is 2. The highest BCUT2D eigenvalue weighted by Crippen LogP contribution is 2.33. The van der Waals surface area contributed by atoms with Gasteiger partial charge in [-0.1, -0.05) is 78.9 Å². The fraction of sp³-hybridized carbons (Fsp3) is 0.316. The first-order valence-corrected chi connectivity index (χ1v) is 18.8. The maximum Gasteiger partial charge on any atom is 0.264 e. The van der Waals surface area contributed by atoms with Crippen molar-refractivity contribution in [2.45, 2.75) is 62.0 Å². The number of ether oxygens (including phenoxy) is 2. The molecule has 1 aliphatic rings. The Bertz CT molecular complexity index is 1930. The van der Waals surface area contributed by atoms with Gasteiger partial charge in [0.05, 0.1) is 34.8 Å². The molecule has 270 valence electrons. The first-order chi connectivity index (χ1) is 24.5. The highest BCUT2D eigenvalue weighted by Gasteiger charge is 2.36. The number of hydrogen-bond donors (Lipinski definition) is 1. The molecule has 0 bridgehead atoms. The van der Waals surface area contributed by atoms with E-state index in [-0.39, 0.29) is 46.3 Å². The molecule has 13 heteroatoms. The van der Waals surface area contributed by atoms with Crippen molar-refractivity contribution in [2.75, 3.05) is 25.1 Å². The summed E-state index contributed by atoms with van der Waals surface area (Å²) < 4.78 is 54.4. The van der Waals surface area contributed by atoms with Crippen molar-refractivity contribution in [1.29, 1.82) is 0 Å². The fourth-order valence-electron chi connectivity index (χ4n) is 6.17. The summed E-state index contributed by atoms with van der Waals surface area (Å²) in [6, 6.07) is 22.0. The van der Waals surface area contributed by atoms with Crippen molar-refractivity contribution in [3.8, 4) is 11.5 Å². The van der Waals surface area contributed by atoms with E-state index in [1.165, 1.54) is 49.5 Å². The second-order valence-electron chi connectivity index (χ2n) is 12.3. The Morgan fingerprint density at radius 1 is 0.843 bits per heavy atom. The van der Waals surface area contributed by atoms with Crippen LogP contribution in [0.15, 0.2) is 95.9 Å². The summed E-state index contributed by atoms with van der Waals surface area (Å²) >= 11 is 12.6. The van der Waals surface area contributed by atoms with Crippen LogP contribution in [0.3, 0.4) is 0 Å². The molecular weight excluding hydrogens is 716 g/mol. The number of nitrogens with zero attached hydrogens (tertiary/aromatic N) is 2. The predicted molar refractivity (Wildman–Crippen MR) is 196 cm³/mol. The second kappa shape index (κ2) is 17.3. The molecule has 1 saturated carbocycles. The van der Waals surface area contributed by atoms with Crippen molar-refractivity contribution in [3.63, 3.8) is 0 Å². The topological polar surface area (TPSA) is 105 Å². The van der Waals surface area contributed by atoms with Crippen molar-refractivity contribution >= 4 is 50.7 Å². The SMILES string of the molecule is COc1ccc(S(=O)(=O)N(CC(=O)N(Cc2ccc(Cl)c(Cl)c2)[C@H](Cc2ccccc2)C(=O)NC2CCCCC2)c2ccc(F)cc2)cc1OC. The van der Waals surface area contributed by atoms with E-state index in [0.717, 1.165) is 54.1 Å². The highest BCUT2D eigenvalue weighted by atomic mass is 35.5. The molecule has 1 aliphatic carbocycles. The average Bonchev–Trinajstić information content (AvgIpc) is 3.14. The number of halogens is 3. The molecule has 0 radical (unpaired) electrons. The van der Waals surface area contributed by atoms with Gasteiger partial charge >= 0.3 is 0 Å². The number of carbonyl (C=O) groups excluding carboxylic acids is 2. The zero-order chi connectivity index (χ0) is 36.5. The van der Waals surface area contributed by atoms with Crippen molar-refractivity contribution in [2.24, 2.45) is 0 Å². The minimum absolute atomic E-state index is 0.0419. The van der Waals surface area contributed by atoms with Gasteiger partial charge in [0.1, 0.15) is 18.4 Å². The number of hydrogen-bond acceptors (Lipinski definition) is 6. The molecule has 4 aromatic carbocycles. The molecule has 0 aromatic heterocycles. The Morgan fingerprint density at radius 2 is 1.53 bits per heavy atom. The van der Waals surface area contributed by atoms with Gasteiger partial charge in [-0.05, 0) is 72.5 Å². The zero-order valence-corrected chi connectivity index (χ0v) is 30.7. The Morgan fingerprint density at radius 3 is 2.18 bits per heavy atom. The van der Waals surface area contributed by atoms with Gasteiger partial charge in [0, 0.05) is 25.1 Å². The third-order valence-electron chi connectivity index (χ3n) is 8.90. The van der Waals surface area contributed by atoms with Gasteiger partial charge in [-0.2, -0.15) is 0 Å². The largest absolute Gasteiger partial charge is 0.493 e. The van der Waals surface area contributed by atoms with Crippen LogP contribution in [0.1, 0.15) is 43.2 Å². The molecule has 9 nitrogen and oxygen atoms in total. The standard InChI is InChI=1S/C38H40Cl2FN3O6S/c1-49-35-20-18-31(23-36(35)50-2)51(47,48)44(30-16-14-28(41)15-17-30)25-37(45)43(24-27-13-19-32(39)33(40)21-27)34(22-26-9-5-3-6-10-26)38(46)42-29-11-7-4-8-12-29/h3,5-6,9-10,13-21,23,29,34H,4,7-8,11-12,22,24-25H2,1-2H3,(H,42,46)/t34-/m1/s1. The Labute approximate surface area is 308 Å². The van der Waals surface area contributed by atoms with Crippen molar-refractivity contribution in [3.05, 3.63) is 118 Å². The molecular formula is C38H40Cl2FN3O6S. The van der Waals surface area contributed by atoms with Gasteiger partial charge in [-0.3, -0.25) is 13.9 Å². The maximum absolute atomic E-state index is 14.7. The molecule has 51 heavy (non-hydrogen) atoms. The Kier molecular flexibility index (Phi) is 12.8. The lowest BCUT2D eigenvalue weighted by molar-refractivity contribution is -0.140. The van der Waals surface area contributed by atoms with Crippen molar-refractivity contribution < 1.29 is 31.9 Å². The zero-order valence-electron chi connectivity index (χ0n) is 28.4. The Balaban J connectivity index is 1.59. The van der Waals surface area contributed by atoms with Crippen LogP contribution < -0.4 is 19.1 Å². The van der Waals surface area contributed by atoms with E-state index < -0.39 is 34.3 Å². The first-order valence-electron chi connectivity index (χ1n) is 16.6. The molecule has 1 atom stereocenters. The van der Waals surface area contributed by atoms with E-state index in [0.29, 0.717) is 16.3 Å². The number of methoxy groups -OCH3 is 2. The summed E-state index contributed by atoms with van der Waals surface area (Å²) in [5.41, 5.74) is 1.43. The number of sulfonamides is 1. The maximum atomic E-state index is 14.7. The fourth-order valence-corrected chi connectivity index (χ4v) is 7.92. The van der Waals surface area contributed by atoms with Crippen LogP contribution in [0.25, 0.3) is 0 Å². The van der Waals surface area contributed by atoms with Gasteiger partial charge in [0.15, 0.2) is 11.5 Å². The lowest BCUT2D eigenvalue weighted by Crippen LogP contribution is -2.55. The average molecular weight is 757 g/mol. The van der Waals surface area contributed by atoms with Gasteiger partial charge < -0.3 is 19.7 Å². The molecule has 1 fully saturated rings. The molecule has 0 aliphatic heterocycles. The molecule has 4 aromatic rings. The summed E-state index contributed by atoms with van der Waals surface area (Å²) in [6.45, 7) is -0.801. The van der Waals surface area contributed by atoms with Gasteiger partial charge in [0.25, 0.3) is 10.0 Å². The summed E-state index contributed by atoms with van der Waals surface area (Å²) in [5.74, 6) is -1.14. The van der Waals surface area contributed by atoms with Crippen LogP contribution in [0.4, 0.5) is 10.1 Å². The minimum Gasteiger partial charge on any atom is -0.493 e. The normalized spacial score (nSPS) is 14.0. The van der Waals surface area contributed by atoms with E-state index in [9.17, 15) is 22.4 Å². The lowest BCUT2D eigenvalue weighted by Gasteiger charge is -2.35. The smallest absolute Gasteiger partial charge is 0.264 e. The number of benzene rings is 4. The highest BCUT2D eigenvalue weighted by molar-refractivity contribution is 7.92. The molecule has 2 amide bonds. The molecule has 5 rings (SSSR count). The van der Waals surface area contributed by atoms with Crippen LogP contribution >= 0.6 is 23.2 Å². The number of anilines is 1. The van der Waals surface area contributed by atoms with Crippen LogP contribution in [-0.4, -0.2) is 58.0 Å². The number of carbonyl (C=O) groups is 2. The second-order valence-corrected chi connectivity index (χ2v) is 15.0. The van der Waals surface area contributed by atoms with E-state index in [2.05, 4.69) is 5.32 Å².